The fourth-order valence-corrected chi connectivity index (χ4v) is 3.56. The number of carbonyl (C=O) groups is 1. The van der Waals surface area contributed by atoms with Crippen LogP contribution in [0.1, 0.15) is 52.4 Å². The monoisotopic (exact) mass is 283 g/mol. The number of hydrogen-bond acceptors (Lipinski definition) is 3. The molecule has 0 radical (unpaired) electrons. The number of likely N-dealkylation sites (N-methyl/N-ethyl adjacent to an activating group) is 1. The second kappa shape index (κ2) is 6.90. The third-order valence-electron chi connectivity index (χ3n) is 5.14. The minimum Gasteiger partial charge on any atom is -0.481 e. The molecule has 0 aromatic heterocycles. The summed E-state index contributed by atoms with van der Waals surface area (Å²) in [5, 5.41) is 9.72. The van der Waals surface area contributed by atoms with Crippen LogP contribution in [0.3, 0.4) is 0 Å². The van der Waals surface area contributed by atoms with Gasteiger partial charge in [-0.25, -0.2) is 0 Å². The predicted octanol–water partition coefficient (Wildman–Crippen LogP) is 2.77. The highest BCUT2D eigenvalue weighted by Gasteiger charge is 2.42. The van der Waals surface area contributed by atoms with E-state index < -0.39 is 11.4 Å². The Bertz CT molecular complexity index is 318. The number of nitrogens with zero attached hydrogens (tertiary/aromatic N) is 1. The van der Waals surface area contributed by atoms with Crippen LogP contribution in [0.5, 0.6) is 0 Å². The Balaban J connectivity index is 1.96. The van der Waals surface area contributed by atoms with Crippen molar-refractivity contribution in [3.05, 3.63) is 0 Å². The minimum absolute atomic E-state index is 0.309. The van der Waals surface area contributed by atoms with E-state index >= 15 is 0 Å². The van der Waals surface area contributed by atoms with Crippen molar-refractivity contribution in [1.82, 2.24) is 4.90 Å². The molecule has 1 unspecified atom stereocenters. The molecule has 1 heterocycles. The van der Waals surface area contributed by atoms with E-state index in [9.17, 15) is 9.90 Å². The lowest BCUT2D eigenvalue weighted by Gasteiger charge is -2.39. The smallest absolute Gasteiger partial charge is 0.310 e. The standard InChI is InChI=1S/C16H29NO3/c1-3-17(11-14-5-4-10-20-14)12-16(15(18)19)8-6-13(2)7-9-16/h13-14H,3-12H2,1-2H3,(H,18,19). The molecular formula is C16H29NO3. The molecule has 0 aromatic rings. The van der Waals surface area contributed by atoms with Crippen LogP contribution >= 0.6 is 0 Å². The van der Waals surface area contributed by atoms with Gasteiger partial charge in [-0.15, -0.1) is 0 Å². The van der Waals surface area contributed by atoms with Crippen LogP contribution in [0.2, 0.25) is 0 Å². The first kappa shape index (κ1) is 15.8. The molecule has 1 aliphatic heterocycles. The summed E-state index contributed by atoms with van der Waals surface area (Å²) in [7, 11) is 0. The van der Waals surface area contributed by atoms with Crippen molar-refractivity contribution in [3.8, 4) is 0 Å². The van der Waals surface area contributed by atoms with E-state index in [1.54, 1.807) is 0 Å². The number of carboxylic acid groups (broad SMARTS) is 1. The van der Waals surface area contributed by atoms with Crippen molar-refractivity contribution in [2.24, 2.45) is 11.3 Å². The number of hydrogen-bond donors (Lipinski definition) is 1. The summed E-state index contributed by atoms with van der Waals surface area (Å²) < 4.78 is 5.70. The Morgan fingerprint density at radius 3 is 2.55 bits per heavy atom. The number of ether oxygens (including phenoxy) is 1. The van der Waals surface area contributed by atoms with Crippen molar-refractivity contribution in [3.63, 3.8) is 0 Å². The molecule has 20 heavy (non-hydrogen) atoms. The van der Waals surface area contributed by atoms with E-state index in [1.165, 1.54) is 0 Å². The zero-order chi connectivity index (χ0) is 14.6. The average Bonchev–Trinajstić information content (AvgIpc) is 2.93. The molecule has 116 valence electrons. The van der Waals surface area contributed by atoms with Crippen molar-refractivity contribution in [2.45, 2.75) is 58.5 Å². The van der Waals surface area contributed by atoms with Crippen LogP contribution in [0.15, 0.2) is 0 Å². The summed E-state index contributed by atoms with van der Waals surface area (Å²) in [5.74, 6) is 0.0749. The molecule has 2 rings (SSSR count). The molecule has 2 aliphatic rings. The van der Waals surface area contributed by atoms with Gasteiger partial charge < -0.3 is 9.84 Å². The Morgan fingerprint density at radius 2 is 2.05 bits per heavy atom. The number of carboxylic acids is 1. The first-order valence-corrected chi connectivity index (χ1v) is 8.13. The van der Waals surface area contributed by atoms with Crippen LogP contribution in [-0.4, -0.2) is 48.3 Å². The van der Waals surface area contributed by atoms with Gasteiger partial charge in [0.1, 0.15) is 0 Å². The van der Waals surface area contributed by atoms with Gasteiger partial charge in [0, 0.05) is 19.7 Å². The van der Waals surface area contributed by atoms with Gasteiger partial charge in [-0.1, -0.05) is 13.8 Å². The van der Waals surface area contributed by atoms with E-state index in [1.807, 2.05) is 0 Å². The van der Waals surface area contributed by atoms with Gasteiger partial charge in [-0.2, -0.15) is 0 Å². The summed E-state index contributed by atoms with van der Waals surface area (Å²) in [6, 6.07) is 0. The maximum Gasteiger partial charge on any atom is 0.310 e. The van der Waals surface area contributed by atoms with Gasteiger partial charge in [-0.05, 0) is 51.0 Å². The number of rotatable bonds is 6. The third kappa shape index (κ3) is 3.73. The molecule has 1 saturated carbocycles. The zero-order valence-corrected chi connectivity index (χ0v) is 12.9. The van der Waals surface area contributed by atoms with Gasteiger partial charge in [-0.3, -0.25) is 9.69 Å². The quantitative estimate of drug-likeness (QED) is 0.814. The Labute approximate surface area is 122 Å². The van der Waals surface area contributed by atoms with E-state index in [0.29, 0.717) is 18.6 Å². The van der Waals surface area contributed by atoms with Gasteiger partial charge in [0.15, 0.2) is 0 Å². The normalized spacial score (nSPS) is 34.5. The first-order valence-electron chi connectivity index (χ1n) is 8.13. The topological polar surface area (TPSA) is 49.8 Å². The minimum atomic E-state index is -0.602. The second-order valence-corrected chi connectivity index (χ2v) is 6.73. The summed E-state index contributed by atoms with van der Waals surface area (Å²) in [6.45, 7) is 7.70. The summed E-state index contributed by atoms with van der Waals surface area (Å²) in [5.41, 5.74) is -0.527. The Morgan fingerprint density at radius 1 is 1.35 bits per heavy atom. The van der Waals surface area contributed by atoms with E-state index in [4.69, 9.17) is 4.74 Å². The highest BCUT2D eigenvalue weighted by molar-refractivity contribution is 5.75. The SMILES string of the molecule is CCN(CC1CCCO1)CC1(C(=O)O)CCC(C)CC1. The lowest BCUT2D eigenvalue weighted by Crippen LogP contribution is -2.47. The maximum absolute atomic E-state index is 11.8. The van der Waals surface area contributed by atoms with Crippen LogP contribution in [-0.2, 0) is 9.53 Å². The fourth-order valence-electron chi connectivity index (χ4n) is 3.56. The van der Waals surface area contributed by atoms with Gasteiger partial charge in [0.2, 0.25) is 0 Å². The molecule has 1 N–H and O–H groups in total. The molecule has 1 atom stereocenters. The Hall–Kier alpha value is -0.610. The molecular weight excluding hydrogens is 254 g/mol. The molecule has 2 fully saturated rings. The molecule has 1 aliphatic carbocycles. The van der Waals surface area contributed by atoms with Gasteiger partial charge >= 0.3 is 5.97 Å². The summed E-state index contributed by atoms with van der Waals surface area (Å²) in [4.78, 5) is 14.1. The van der Waals surface area contributed by atoms with Crippen molar-refractivity contribution >= 4 is 5.97 Å². The van der Waals surface area contributed by atoms with E-state index in [-0.39, 0.29) is 0 Å². The van der Waals surface area contributed by atoms with E-state index in [2.05, 4.69) is 18.7 Å². The lowest BCUT2D eigenvalue weighted by atomic mass is 9.70. The molecule has 1 saturated heterocycles. The third-order valence-corrected chi connectivity index (χ3v) is 5.14. The zero-order valence-electron chi connectivity index (χ0n) is 12.9. The molecule has 0 bridgehead atoms. The van der Waals surface area contributed by atoms with Gasteiger partial charge in [0.25, 0.3) is 0 Å². The maximum atomic E-state index is 11.8. The molecule has 0 amide bonds. The lowest BCUT2D eigenvalue weighted by molar-refractivity contribution is -0.153. The highest BCUT2D eigenvalue weighted by atomic mass is 16.5. The molecule has 0 spiro atoms. The average molecular weight is 283 g/mol. The van der Waals surface area contributed by atoms with Crippen molar-refractivity contribution in [1.29, 1.82) is 0 Å². The molecule has 4 heteroatoms. The van der Waals surface area contributed by atoms with Crippen LogP contribution < -0.4 is 0 Å². The fraction of sp³-hybridized carbons (Fsp3) is 0.938. The highest BCUT2D eigenvalue weighted by Crippen LogP contribution is 2.40. The molecule has 4 nitrogen and oxygen atoms in total. The van der Waals surface area contributed by atoms with Crippen LogP contribution in [0.4, 0.5) is 0 Å². The predicted molar refractivity (Wildman–Crippen MR) is 78.8 cm³/mol. The van der Waals surface area contributed by atoms with Gasteiger partial charge in [0.05, 0.1) is 11.5 Å². The Kier molecular flexibility index (Phi) is 5.44. The summed E-state index contributed by atoms with van der Waals surface area (Å²) in [6.07, 6.45) is 6.31. The van der Waals surface area contributed by atoms with Crippen LogP contribution in [0, 0.1) is 11.3 Å². The number of aliphatic carboxylic acids is 1. The molecule has 0 aromatic carbocycles. The summed E-state index contributed by atoms with van der Waals surface area (Å²) >= 11 is 0. The largest absolute Gasteiger partial charge is 0.481 e. The second-order valence-electron chi connectivity index (χ2n) is 6.73. The first-order chi connectivity index (χ1) is 9.55. The van der Waals surface area contributed by atoms with E-state index in [0.717, 1.165) is 58.2 Å². The van der Waals surface area contributed by atoms with Crippen molar-refractivity contribution < 1.29 is 14.6 Å². The van der Waals surface area contributed by atoms with Crippen molar-refractivity contribution in [2.75, 3.05) is 26.2 Å². The van der Waals surface area contributed by atoms with Crippen LogP contribution in [0.25, 0.3) is 0 Å².